The van der Waals surface area contributed by atoms with Gasteiger partial charge in [0.25, 0.3) is 10.0 Å². The van der Waals surface area contributed by atoms with Crippen molar-refractivity contribution in [3.8, 4) is 0 Å². The lowest BCUT2D eigenvalue weighted by molar-refractivity contribution is -0.126. The van der Waals surface area contributed by atoms with Crippen LogP contribution in [0.2, 0.25) is 0 Å². The Balaban J connectivity index is 1.51. The van der Waals surface area contributed by atoms with E-state index in [0.717, 1.165) is 10.0 Å². The molecule has 1 amide bonds. The summed E-state index contributed by atoms with van der Waals surface area (Å²) in [6.07, 6.45) is 1.10. The second-order valence-electron chi connectivity index (χ2n) is 5.95. The number of hydrogen-bond acceptors (Lipinski definition) is 4. The van der Waals surface area contributed by atoms with Crippen molar-refractivity contribution >= 4 is 43.2 Å². The Bertz CT molecular complexity index is 812. The molecule has 1 aliphatic rings. The van der Waals surface area contributed by atoms with Crippen LogP contribution in [-0.4, -0.2) is 31.7 Å². The highest BCUT2D eigenvalue weighted by Crippen LogP contribution is 2.26. The van der Waals surface area contributed by atoms with Gasteiger partial charge < -0.3 is 5.32 Å². The zero-order chi connectivity index (χ0) is 17.9. The molecule has 0 saturated carbocycles. The summed E-state index contributed by atoms with van der Waals surface area (Å²) >= 11 is 4.61. The molecule has 25 heavy (non-hydrogen) atoms. The minimum Gasteiger partial charge on any atom is -0.352 e. The highest BCUT2D eigenvalue weighted by atomic mass is 79.9. The molecule has 0 unspecified atom stereocenters. The van der Waals surface area contributed by atoms with Gasteiger partial charge in [-0.05, 0) is 42.0 Å². The van der Waals surface area contributed by atoms with Gasteiger partial charge in [0.15, 0.2) is 0 Å². The molecule has 1 aromatic heterocycles. The summed E-state index contributed by atoms with van der Waals surface area (Å²) in [5.41, 5.74) is 1.04. The molecule has 1 fully saturated rings. The van der Waals surface area contributed by atoms with Crippen LogP contribution >= 0.6 is 27.3 Å². The molecule has 0 spiro atoms. The van der Waals surface area contributed by atoms with E-state index >= 15 is 0 Å². The van der Waals surface area contributed by atoms with Gasteiger partial charge in [0.05, 0.1) is 0 Å². The third-order valence-electron chi connectivity index (χ3n) is 4.29. The van der Waals surface area contributed by atoms with Crippen molar-refractivity contribution < 1.29 is 13.2 Å². The van der Waals surface area contributed by atoms with E-state index in [4.69, 9.17) is 0 Å². The fourth-order valence-corrected chi connectivity index (χ4v) is 5.71. The van der Waals surface area contributed by atoms with Crippen LogP contribution in [0.1, 0.15) is 18.4 Å². The van der Waals surface area contributed by atoms with Crippen LogP contribution < -0.4 is 5.32 Å². The van der Waals surface area contributed by atoms with Gasteiger partial charge in [-0.25, -0.2) is 8.42 Å². The van der Waals surface area contributed by atoms with Crippen molar-refractivity contribution in [1.29, 1.82) is 0 Å². The zero-order valence-electron chi connectivity index (χ0n) is 13.5. The van der Waals surface area contributed by atoms with E-state index in [1.807, 2.05) is 24.3 Å². The van der Waals surface area contributed by atoms with Gasteiger partial charge in [0.2, 0.25) is 5.91 Å². The Morgan fingerprint density at radius 1 is 1.20 bits per heavy atom. The van der Waals surface area contributed by atoms with Crippen LogP contribution in [0.15, 0.2) is 50.5 Å². The van der Waals surface area contributed by atoms with E-state index in [-0.39, 0.29) is 11.8 Å². The van der Waals surface area contributed by atoms with Crippen molar-refractivity contribution in [3.63, 3.8) is 0 Å². The quantitative estimate of drug-likeness (QED) is 0.772. The van der Waals surface area contributed by atoms with Gasteiger partial charge in [-0.3, -0.25) is 4.79 Å². The monoisotopic (exact) mass is 442 g/mol. The largest absolute Gasteiger partial charge is 0.352 e. The first kappa shape index (κ1) is 18.6. The van der Waals surface area contributed by atoms with Gasteiger partial charge in [-0.15, -0.1) is 11.3 Å². The van der Waals surface area contributed by atoms with E-state index in [9.17, 15) is 13.2 Å². The summed E-state index contributed by atoms with van der Waals surface area (Å²) in [5.74, 6) is -0.138. The lowest BCUT2D eigenvalue weighted by Crippen LogP contribution is -2.42. The Kier molecular flexibility index (Phi) is 5.93. The van der Waals surface area contributed by atoms with E-state index in [1.54, 1.807) is 17.5 Å². The second-order valence-corrected chi connectivity index (χ2v) is 9.98. The normalized spacial score (nSPS) is 16.7. The summed E-state index contributed by atoms with van der Waals surface area (Å²) < 4.78 is 27.8. The predicted molar refractivity (Wildman–Crippen MR) is 102 cm³/mol. The molecule has 3 rings (SSSR count). The SMILES string of the molecule is O=C(NCc1ccc(Br)cc1)C1CCN(S(=O)(=O)c2cccs2)CC1. The van der Waals surface area contributed by atoms with Gasteiger partial charge in [0.1, 0.15) is 4.21 Å². The van der Waals surface area contributed by atoms with Crippen molar-refractivity contribution in [2.24, 2.45) is 5.92 Å². The predicted octanol–water partition coefficient (Wildman–Crippen LogP) is 3.23. The molecule has 0 atom stereocenters. The van der Waals surface area contributed by atoms with Crippen LogP contribution in [0, 0.1) is 5.92 Å². The van der Waals surface area contributed by atoms with Crippen molar-refractivity contribution in [2.75, 3.05) is 13.1 Å². The first-order chi connectivity index (χ1) is 12.0. The number of benzene rings is 1. The second kappa shape index (κ2) is 7.99. The maximum atomic E-state index is 12.5. The summed E-state index contributed by atoms with van der Waals surface area (Å²) in [6, 6.07) is 11.2. The number of piperidine rings is 1. The average molecular weight is 443 g/mol. The first-order valence-electron chi connectivity index (χ1n) is 8.02. The van der Waals surface area contributed by atoms with Gasteiger partial charge in [-0.1, -0.05) is 34.1 Å². The topological polar surface area (TPSA) is 66.5 Å². The molecule has 5 nitrogen and oxygen atoms in total. The number of sulfonamides is 1. The van der Waals surface area contributed by atoms with Crippen molar-refractivity contribution in [1.82, 2.24) is 9.62 Å². The van der Waals surface area contributed by atoms with Crippen LogP contribution in [-0.2, 0) is 21.4 Å². The molecule has 2 heterocycles. The van der Waals surface area contributed by atoms with E-state index in [0.29, 0.717) is 36.7 Å². The van der Waals surface area contributed by atoms with E-state index in [1.165, 1.54) is 15.6 Å². The molecule has 1 aliphatic heterocycles. The molecule has 2 aromatic rings. The minimum atomic E-state index is -3.41. The van der Waals surface area contributed by atoms with E-state index < -0.39 is 10.0 Å². The standard InChI is InChI=1S/C17H19BrN2O3S2/c18-15-5-3-13(4-6-15)12-19-17(21)14-7-9-20(10-8-14)25(22,23)16-2-1-11-24-16/h1-6,11,14H,7-10,12H2,(H,19,21). The molecule has 1 saturated heterocycles. The van der Waals surface area contributed by atoms with Crippen LogP contribution in [0.3, 0.4) is 0 Å². The lowest BCUT2D eigenvalue weighted by atomic mass is 9.97. The smallest absolute Gasteiger partial charge is 0.252 e. The van der Waals surface area contributed by atoms with Crippen molar-refractivity contribution in [2.45, 2.75) is 23.6 Å². The number of nitrogens with zero attached hydrogens (tertiary/aromatic N) is 1. The molecular weight excluding hydrogens is 424 g/mol. The van der Waals surface area contributed by atoms with Crippen LogP contribution in [0.25, 0.3) is 0 Å². The number of rotatable bonds is 5. The summed E-state index contributed by atoms with van der Waals surface area (Å²) in [6.45, 7) is 1.26. The number of amides is 1. The summed E-state index contributed by atoms with van der Waals surface area (Å²) in [5, 5.41) is 4.71. The molecule has 0 aliphatic carbocycles. The fraction of sp³-hybridized carbons (Fsp3) is 0.353. The summed E-state index contributed by atoms with van der Waals surface area (Å²) in [7, 11) is -3.41. The highest BCUT2D eigenvalue weighted by Gasteiger charge is 2.32. The number of carbonyl (C=O) groups is 1. The molecule has 1 aromatic carbocycles. The van der Waals surface area contributed by atoms with Crippen molar-refractivity contribution in [3.05, 3.63) is 51.8 Å². The molecule has 8 heteroatoms. The molecular formula is C17H19BrN2O3S2. The Labute approximate surface area is 160 Å². The first-order valence-corrected chi connectivity index (χ1v) is 11.1. The maximum Gasteiger partial charge on any atom is 0.252 e. The number of nitrogens with one attached hydrogen (secondary N) is 1. The number of hydrogen-bond donors (Lipinski definition) is 1. The van der Waals surface area contributed by atoms with Gasteiger partial charge >= 0.3 is 0 Å². The Morgan fingerprint density at radius 3 is 2.48 bits per heavy atom. The van der Waals surface area contributed by atoms with Gasteiger partial charge in [-0.2, -0.15) is 4.31 Å². The highest BCUT2D eigenvalue weighted by molar-refractivity contribution is 9.10. The Morgan fingerprint density at radius 2 is 1.88 bits per heavy atom. The molecule has 134 valence electrons. The summed E-state index contributed by atoms with van der Waals surface area (Å²) in [4.78, 5) is 12.3. The molecule has 1 N–H and O–H groups in total. The molecule has 0 radical (unpaired) electrons. The Hall–Kier alpha value is -1.22. The number of thiophene rings is 1. The average Bonchev–Trinajstić information content (AvgIpc) is 3.16. The maximum absolute atomic E-state index is 12.5. The lowest BCUT2D eigenvalue weighted by Gasteiger charge is -2.30. The fourth-order valence-electron chi connectivity index (χ4n) is 2.83. The van der Waals surface area contributed by atoms with Crippen LogP contribution in [0.4, 0.5) is 0 Å². The van der Waals surface area contributed by atoms with Gasteiger partial charge in [0, 0.05) is 30.0 Å². The number of halogens is 1. The number of carbonyl (C=O) groups excluding carboxylic acids is 1. The molecule has 0 bridgehead atoms. The van der Waals surface area contributed by atoms with Crippen LogP contribution in [0.5, 0.6) is 0 Å². The third-order valence-corrected chi connectivity index (χ3v) is 8.09. The zero-order valence-corrected chi connectivity index (χ0v) is 16.7. The third kappa shape index (κ3) is 4.49. The minimum absolute atomic E-state index is 0.00362. The van der Waals surface area contributed by atoms with E-state index in [2.05, 4.69) is 21.2 Å².